The van der Waals surface area contributed by atoms with E-state index in [-0.39, 0.29) is 12.0 Å². The van der Waals surface area contributed by atoms with Gasteiger partial charge in [-0.2, -0.15) is 0 Å². The highest BCUT2D eigenvalue weighted by Crippen LogP contribution is 2.32. The van der Waals surface area contributed by atoms with E-state index >= 15 is 0 Å². The minimum Gasteiger partial charge on any atom is -0.371 e. The fraction of sp³-hybridized carbons (Fsp3) is 0.778. The lowest BCUT2D eigenvalue weighted by Crippen LogP contribution is -2.48. The molecule has 0 spiro atoms. The summed E-state index contributed by atoms with van der Waals surface area (Å²) in [4.78, 5) is 22.6. The van der Waals surface area contributed by atoms with E-state index in [9.17, 15) is 4.79 Å². The van der Waals surface area contributed by atoms with E-state index in [0.717, 1.165) is 55.3 Å². The Morgan fingerprint density at radius 2 is 1.88 bits per heavy atom. The number of thiazole rings is 1. The highest BCUT2D eigenvalue weighted by atomic mass is 32.1. The number of amides is 1. The van der Waals surface area contributed by atoms with Gasteiger partial charge >= 0.3 is 0 Å². The quantitative estimate of drug-likeness (QED) is 0.841. The van der Waals surface area contributed by atoms with Gasteiger partial charge in [-0.3, -0.25) is 4.79 Å². The minimum absolute atomic E-state index is 0.112. The number of hydrogen-bond acceptors (Lipinski definition) is 5. The monoisotopic (exact) mass is 349 g/mol. The van der Waals surface area contributed by atoms with Gasteiger partial charge in [-0.1, -0.05) is 6.42 Å². The van der Waals surface area contributed by atoms with Crippen LogP contribution in [-0.2, 0) is 4.74 Å². The van der Waals surface area contributed by atoms with E-state index in [1.165, 1.54) is 43.7 Å². The van der Waals surface area contributed by atoms with Gasteiger partial charge in [0, 0.05) is 25.7 Å². The summed E-state index contributed by atoms with van der Waals surface area (Å²) in [5, 5.41) is 0.971. The number of nitrogens with zero attached hydrogens (tertiary/aromatic N) is 3. The molecule has 1 unspecified atom stereocenters. The second kappa shape index (κ2) is 7.50. The van der Waals surface area contributed by atoms with Crippen LogP contribution in [0.15, 0.2) is 6.20 Å². The van der Waals surface area contributed by atoms with E-state index in [1.54, 1.807) is 6.20 Å². The predicted molar refractivity (Wildman–Crippen MR) is 94.4 cm³/mol. The molecule has 1 atom stereocenters. The molecular weight excluding hydrogens is 322 g/mol. The fourth-order valence-electron chi connectivity index (χ4n) is 4.18. The van der Waals surface area contributed by atoms with Crippen LogP contribution in [0.2, 0.25) is 0 Å². The molecule has 5 nitrogen and oxygen atoms in total. The van der Waals surface area contributed by atoms with E-state index in [2.05, 4.69) is 9.88 Å². The molecule has 0 N–H and O–H groups in total. The smallest absolute Gasteiger partial charge is 0.265 e. The van der Waals surface area contributed by atoms with Gasteiger partial charge in [-0.15, -0.1) is 11.3 Å². The molecule has 0 saturated carbocycles. The molecule has 4 heterocycles. The van der Waals surface area contributed by atoms with Crippen molar-refractivity contribution in [3.8, 4) is 0 Å². The number of carbonyl (C=O) groups is 1. The van der Waals surface area contributed by atoms with Crippen molar-refractivity contribution in [1.82, 2.24) is 14.8 Å². The third-order valence-corrected chi connectivity index (χ3v) is 6.68. The van der Waals surface area contributed by atoms with Crippen LogP contribution in [0.4, 0.5) is 0 Å². The molecule has 3 aliphatic heterocycles. The van der Waals surface area contributed by atoms with Crippen LogP contribution in [0, 0.1) is 0 Å². The summed E-state index contributed by atoms with van der Waals surface area (Å²) in [5.74, 6) is 0.161. The lowest BCUT2D eigenvalue weighted by molar-refractivity contribution is 0.0594. The van der Waals surface area contributed by atoms with Gasteiger partial charge in [0.15, 0.2) is 0 Å². The summed E-state index contributed by atoms with van der Waals surface area (Å²) in [5.41, 5.74) is 0. The molecule has 0 aromatic carbocycles. The molecule has 1 aromatic heterocycles. The van der Waals surface area contributed by atoms with Gasteiger partial charge in [0.1, 0.15) is 16.0 Å². The van der Waals surface area contributed by atoms with Gasteiger partial charge < -0.3 is 14.5 Å². The first-order valence-corrected chi connectivity index (χ1v) is 10.2. The van der Waals surface area contributed by atoms with Crippen molar-refractivity contribution in [2.45, 2.75) is 57.1 Å². The van der Waals surface area contributed by atoms with E-state index in [1.807, 2.05) is 4.90 Å². The molecule has 3 saturated heterocycles. The molecule has 132 valence electrons. The molecule has 1 aromatic rings. The molecule has 24 heavy (non-hydrogen) atoms. The van der Waals surface area contributed by atoms with Gasteiger partial charge in [0.05, 0.1) is 6.20 Å². The third-order valence-electron chi connectivity index (χ3n) is 5.60. The van der Waals surface area contributed by atoms with Crippen molar-refractivity contribution in [2.24, 2.45) is 0 Å². The van der Waals surface area contributed by atoms with Crippen molar-refractivity contribution >= 4 is 17.2 Å². The summed E-state index contributed by atoms with van der Waals surface area (Å²) in [6.45, 7) is 5.08. The first kappa shape index (κ1) is 16.5. The summed E-state index contributed by atoms with van der Waals surface area (Å²) >= 11 is 1.52. The topological polar surface area (TPSA) is 45.7 Å². The Morgan fingerprint density at radius 3 is 2.58 bits per heavy atom. The highest BCUT2D eigenvalue weighted by Gasteiger charge is 2.29. The van der Waals surface area contributed by atoms with Crippen LogP contribution in [0.5, 0.6) is 0 Å². The Labute approximate surface area is 148 Å². The summed E-state index contributed by atoms with van der Waals surface area (Å²) < 4.78 is 5.68. The Hall–Kier alpha value is -0.980. The number of aromatic nitrogens is 1. The molecule has 3 aliphatic rings. The Morgan fingerprint density at radius 1 is 1.08 bits per heavy atom. The number of piperidine rings is 2. The summed E-state index contributed by atoms with van der Waals surface area (Å²) in [6, 6.07) is 0.679. The van der Waals surface area contributed by atoms with Crippen molar-refractivity contribution in [1.29, 1.82) is 0 Å². The zero-order valence-corrected chi connectivity index (χ0v) is 15.1. The average molecular weight is 350 g/mol. The Balaban J connectivity index is 1.32. The molecule has 4 rings (SSSR count). The number of rotatable bonds is 3. The van der Waals surface area contributed by atoms with Gasteiger partial charge in [0.25, 0.3) is 5.91 Å². The lowest BCUT2D eigenvalue weighted by Gasteiger charge is -2.40. The van der Waals surface area contributed by atoms with Crippen LogP contribution in [-0.4, -0.2) is 59.5 Å². The summed E-state index contributed by atoms with van der Waals surface area (Å²) in [7, 11) is 0. The summed E-state index contributed by atoms with van der Waals surface area (Å²) in [6.07, 6.45) is 10.3. The normalized spacial score (nSPS) is 26.8. The predicted octanol–water partition coefficient (Wildman–Crippen LogP) is 3.09. The highest BCUT2D eigenvalue weighted by molar-refractivity contribution is 7.13. The van der Waals surface area contributed by atoms with Gasteiger partial charge in [0.2, 0.25) is 0 Å². The number of ether oxygens (including phenoxy) is 1. The zero-order chi connectivity index (χ0) is 16.4. The van der Waals surface area contributed by atoms with Gasteiger partial charge in [-0.25, -0.2) is 4.98 Å². The second-order valence-corrected chi connectivity index (χ2v) is 8.25. The minimum atomic E-state index is 0.112. The van der Waals surface area contributed by atoms with Crippen LogP contribution in [0.25, 0.3) is 0 Å². The van der Waals surface area contributed by atoms with E-state index < -0.39 is 0 Å². The first-order valence-electron chi connectivity index (χ1n) is 9.42. The van der Waals surface area contributed by atoms with Gasteiger partial charge in [-0.05, 0) is 51.6 Å². The van der Waals surface area contributed by atoms with Crippen molar-refractivity contribution in [2.75, 3.05) is 32.8 Å². The SMILES string of the molecule is O=C(c1cnc(C2CCCO2)s1)N1CCC(N2CCCCC2)CC1. The standard InChI is InChI=1S/C18H27N3O2S/c22-18(16-13-19-17(24-16)15-5-4-12-23-15)21-10-6-14(7-11-21)20-8-2-1-3-9-20/h13-15H,1-12H2. The zero-order valence-electron chi connectivity index (χ0n) is 14.3. The maximum Gasteiger partial charge on any atom is 0.265 e. The molecule has 3 fully saturated rings. The Kier molecular flexibility index (Phi) is 5.15. The first-order chi connectivity index (χ1) is 11.8. The molecule has 0 radical (unpaired) electrons. The molecule has 0 aliphatic carbocycles. The Bertz CT molecular complexity index is 556. The number of hydrogen-bond donors (Lipinski definition) is 0. The molecule has 6 heteroatoms. The van der Waals surface area contributed by atoms with Crippen LogP contribution >= 0.6 is 11.3 Å². The van der Waals surface area contributed by atoms with E-state index in [0.29, 0.717) is 6.04 Å². The van der Waals surface area contributed by atoms with E-state index in [4.69, 9.17) is 4.74 Å². The fourth-order valence-corrected chi connectivity index (χ4v) is 5.15. The number of likely N-dealkylation sites (tertiary alicyclic amines) is 2. The average Bonchev–Trinajstić information content (AvgIpc) is 3.33. The van der Waals surface area contributed by atoms with Crippen molar-refractivity contribution < 1.29 is 9.53 Å². The molecule has 0 bridgehead atoms. The molecule has 1 amide bonds. The van der Waals surface area contributed by atoms with Crippen molar-refractivity contribution in [3.63, 3.8) is 0 Å². The maximum absolute atomic E-state index is 12.8. The number of carbonyl (C=O) groups excluding carboxylic acids is 1. The van der Waals surface area contributed by atoms with Crippen LogP contribution < -0.4 is 0 Å². The second-order valence-electron chi connectivity index (χ2n) is 7.18. The third kappa shape index (κ3) is 3.51. The maximum atomic E-state index is 12.8. The van der Waals surface area contributed by atoms with Crippen molar-refractivity contribution in [3.05, 3.63) is 16.1 Å². The van der Waals surface area contributed by atoms with Crippen LogP contribution in [0.1, 0.15) is 65.7 Å². The lowest BCUT2D eigenvalue weighted by atomic mass is 10.00. The van der Waals surface area contributed by atoms with Crippen LogP contribution in [0.3, 0.4) is 0 Å². The largest absolute Gasteiger partial charge is 0.371 e. The molecular formula is C18H27N3O2S.